The zero-order valence-corrected chi connectivity index (χ0v) is 6.99. The first-order valence-electron chi connectivity index (χ1n) is 3.49. The van der Waals surface area contributed by atoms with Crippen LogP contribution in [0.5, 0.6) is 0 Å². The summed E-state index contributed by atoms with van der Waals surface area (Å²) in [5.74, 6) is -1.09. The van der Waals surface area contributed by atoms with Crippen LogP contribution in [0.15, 0.2) is 0 Å². The highest BCUT2D eigenvalue weighted by atomic mass is 16.4. The summed E-state index contributed by atoms with van der Waals surface area (Å²) in [4.78, 5) is 32.1. The van der Waals surface area contributed by atoms with Gasteiger partial charge in [-0.2, -0.15) is 0 Å². The zero-order valence-electron chi connectivity index (χ0n) is 6.99. The van der Waals surface area contributed by atoms with Crippen LogP contribution in [0.25, 0.3) is 0 Å². The minimum atomic E-state index is -1.57. The second-order valence-electron chi connectivity index (χ2n) is 2.28. The van der Waals surface area contributed by atoms with Crippen molar-refractivity contribution in [1.29, 1.82) is 0 Å². The van der Waals surface area contributed by atoms with Crippen molar-refractivity contribution in [3.05, 3.63) is 0 Å². The standard InChI is InChI=1S/C7H11NO4/c1-3-8(7(11)12)6(10)4-5(2)9/h3-4H2,1-2H3,(H,11,12)/p-1. The summed E-state index contributed by atoms with van der Waals surface area (Å²) >= 11 is 0. The Bertz CT molecular complexity index is 211. The summed E-state index contributed by atoms with van der Waals surface area (Å²) in [6.45, 7) is 2.73. The highest BCUT2D eigenvalue weighted by Gasteiger charge is 2.13. The molecule has 0 unspecified atom stereocenters. The molecule has 0 fully saturated rings. The molecule has 12 heavy (non-hydrogen) atoms. The fourth-order valence-electron chi connectivity index (χ4n) is 0.716. The molecule has 0 aliphatic rings. The van der Waals surface area contributed by atoms with E-state index in [0.717, 1.165) is 0 Å². The minimum Gasteiger partial charge on any atom is -0.530 e. The maximum Gasteiger partial charge on any atom is 0.235 e. The number of carbonyl (C=O) groups excluding carboxylic acids is 3. The number of carboxylic acid groups (broad SMARTS) is 1. The van der Waals surface area contributed by atoms with Crippen molar-refractivity contribution >= 4 is 17.8 Å². The predicted molar refractivity (Wildman–Crippen MR) is 38.1 cm³/mol. The third-order valence-corrected chi connectivity index (χ3v) is 1.24. The molecule has 2 amide bonds. The molecule has 0 N–H and O–H groups in total. The summed E-state index contributed by atoms with van der Waals surface area (Å²) in [7, 11) is 0. The summed E-state index contributed by atoms with van der Waals surface area (Å²) in [5, 5.41) is 10.2. The number of imide groups is 1. The van der Waals surface area contributed by atoms with Gasteiger partial charge in [0.15, 0.2) is 0 Å². The number of Topliss-reactive ketones (excluding diaryl/α,β-unsaturated/α-hetero) is 1. The minimum absolute atomic E-state index is 0.00838. The molecular formula is C7H10NO4-. The van der Waals surface area contributed by atoms with E-state index in [2.05, 4.69) is 0 Å². The van der Waals surface area contributed by atoms with Gasteiger partial charge in [0.05, 0.1) is 6.42 Å². The first-order chi connectivity index (χ1) is 5.49. The Morgan fingerprint density at radius 1 is 1.33 bits per heavy atom. The average Bonchev–Trinajstić information content (AvgIpc) is 1.85. The number of ketones is 1. The molecule has 5 heteroatoms. The van der Waals surface area contributed by atoms with Crippen LogP contribution in [0.2, 0.25) is 0 Å². The zero-order chi connectivity index (χ0) is 9.72. The maximum atomic E-state index is 10.9. The van der Waals surface area contributed by atoms with E-state index in [-0.39, 0.29) is 18.7 Å². The number of nitrogens with zero attached hydrogens (tertiary/aromatic N) is 1. The van der Waals surface area contributed by atoms with Gasteiger partial charge >= 0.3 is 0 Å². The molecule has 0 aromatic heterocycles. The Kier molecular flexibility index (Phi) is 3.96. The largest absolute Gasteiger partial charge is 0.530 e. The van der Waals surface area contributed by atoms with Crippen molar-refractivity contribution in [3.8, 4) is 0 Å². The molecule has 0 aliphatic carbocycles. The smallest absolute Gasteiger partial charge is 0.235 e. The highest BCUT2D eigenvalue weighted by molar-refractivity contribution is 6.01. The summed E-state index contributed by atoms with van der Waals surface area (Å²) in [5.41, 5.74) is 0. The molecule has 0 saturated carbocycles. The van der Waals surface area contributed by atoms with Crippen LogP contribution in [-0.2, 0) is 9.59 Å². The molecule has 5 nitrogen and oxygen atoms in total. The molecular weight excluding hydrogens is 162 g/mol. The van der Waals surface area contributed by atoms with Crippen molar-refractivity contribution in [1.82, 2.24) is 4.90 Å². The Labute approximate surface area is 70.0 Å². The lowest BCUT2D eigenvalue weighted by molar-refractivity contribution is -0.263. The molecule has 0 radical (unpaired) electrons. The SMILES string of the molecule is CCN(C(=O)[O-])C(=O)CC(C)=O. The molecule has 0 heterocycles. The van der Waals surface area contributed by atoms with Gasteiger partial charge in [-0.3, -0.25) is 14.5 Å². The van der Waals surface area contributed by atoms with Crippen molar-refractivity contribution in [3.63, 3.8) is 0 Å². The maximum absolute atomic E-state index is 10.9. The quantitative estimate of drug-likeness (QED) is 0.520. The Hall–Kier alpha value is -1.39. The van der Waals surface area contributed by atoms with E-state index in [1.54, 1.807) is 0 Å². The van der Waals surface area contributed by atoms with Gasteiger partial charge < -0.3 is 9.90 Å². The van der Waals surface area contributed by atoms with Crippen molar-refractivity contribution in [2.45, 2.75) is 20.3 Å². The molecule has 68 valence electrons. The van der Waals surface area contributed by atoms with Gasteiger partial charge in [-0.25, -0.2) is 0 Å². The first kappa shape index (κ1) is 10.6. The lowest BCUT2D eigenvalue weighted by Crippen LogP contribution is -2.45. The van der Waals surface area contributed by atoms with E-state index in [0.29, 0.717) is 4.90 Å². The molecule has 0 rings (SSSR count). The fourth-order valence-corrected chi connectivity index (χ4v) is 0.716. The lowest BCUT2D eigenvalue weighted by Gasteiger charge is -2.20. The van der Waals surface area contributed by atoms with E-state index in [1.165, 1.54) is 13.8 Å². The van der Waals surface area contributed by atoms with Gasteiger partial charge in [-0.15, -0.1) is 0 Å². The first-order valence-corrected chi connectivity index (χ1v) is 3.49. The fraction of sp³-hybridized carbons (Fsp3) is 0.571. The van der Waals surface area contributed by atoms with E-state index in [4.69, 9.17) is 0 Å². The topological polar surface area (TPSA) is 77.5 Å². The van der Waals surface area contributed by atoms with Crippen molar-refractivity contribution < 1.29 is 19.5 Å². The van der Waals surface area contributed by atoms with Gasteiger partial charge in [0, 0.05) is 6.54 Å². The van der Waals surface area contributed by atoms with E-state index in [1.807, 2.05) is 0 Å². The van der Waals surface area contributed by atoms with Crippen molar-refractivity contribution in [2.24, 2.45) is 0 Å². The third-order valence-electron chi connectivity index (χ3n) is 1.24. The molecule has 0 spiro atoms. The molecule has 0 aromatic carbocycles. The van der Waals surface area contributed by atoms with Crippen LogP contribution >= 0.6 is 0 Å². The third kappa shape index (κ3) is 3.14. The number of amides is 2. The number of rotatable bonds is 3. The Morgan fingerprint density at radius 2 is 1.83 bits per heavy atom. The van der Waals surface area contributed by atoms with E-state index >= 15 is 0 Å². The molecule has 0 aliphatic heterocycles. The predicted octanol–water partition coefficient (Wildman–Crippen LogP) is -0.843. The van der Waals surface area contributed by atoms with Crippen LogP contribution in [0.3, 0.4) is 0 Å². The van der Waals surface area contributed by atoms with E-state index < -0.39 is 12.0 Å². The number of hydrogen-bond acceptors (Lipinski definition) is 4. The van der Waals surface area contributed by atoms with Crippen LogP contribution in [-0.4, -0.2) is 29.2 Å². The monoisotopic (exact) mass is 172 g/mol. The van der Waals surface area contributed by atoms with Gasteiger partial charge in [0.1, 0.15) is 11.9 Å². The number of carbonyl (C=O) groups is 3. The van der Waals surface area contributed by atoms with Gasteiger partial charge in [-0.05, 0) is 13.8 Å². The van der Waals surface area contributed by atoms with Crippen LogP contribution in [0.1, 0.15) is 20.3 Å². The Balaban J connectivity index is 4.22. The average molecular weight is 172 g/mol. The second kappa shape index (κ2) is 4.48. The van der Waals surface area contributed by atoms with Crippen LogP contribution in [0, 0.1) is 0 Å². The second-order valence-corrected chi connectivity index (χ2v) is 2.28. The Morgan fingerprint density at radius 3 is 2.08 bits per heavy atom. The molecule has 0 aromatic rings. The summed E-state index contributed by atoms with van der Waals surface area (Å²) < 4.78 is 0. The summed E-state index contributed by atoms with van der Waals surface area (Å²) in [6, 6.07) is 0. The molecule has 0 saturated heterocycles. The van der Waals surface area contributed by atoms with Gasteiger partial charge in [-0.1, -0.05) is 0 Å². The van der Waals surface area contributed by atoms with Gasteiger partial charge in [0.25, 0.3) is 0 Å². The molecule has 0 atom stereocenters. The normalized spacial score (nSPS) is 9.17. The van der Waals surface area contributed by atoms with Crippen LogP contribution < -0.4 is 5.11 Å². The number of hydrogen-bond donors (Lipinski definition) is 0. The highest BCUT2D eigenvalue weighted by Crippen LogP contribution is 1.93. The van der Waals surface area contributed by atoms with Gasteiger partial charge in [0.2, 0.25) is 5.91 Å². The van der Waals surface area contributed by atoms with Crippen LogP contribution in [0.4, 0.5) is 4.79 Å². The van der Waals surface area contributed by atoms with E-state index in [9.17, 15) is 19.5 Å². The molecule has 0 bridgehead atoms. The lowest BCUT2D eigenvalue weighted by atomic mass is 10.3. The summed E-state index contributed by atoms with van der Waals surface area (Å²) in [6.07, 6.45) is -1.95. The van der Waals surface area contributed by atoms with Crippen molar-refractivity contribution in [2.75, 3.05) is 6.54 Å².